The smallest absolute Gasteiger partial charge is 0.266 e. The fourth-order valence-corrected chi connectivity index (χ4v) is 3.67. The standard InChI is InChI=1S/C15H20N4OS/c1-3-10-9(2)14(19-18-10)17-15(20)13-7-6-12(21-13)11-5-4-8-16-11/h6-7,11,16H,3-5,8H2,1-2H3,(H2,17,18,19,20)/t11-/m1/s1. The molecular formula is C15H20N4OS. The molecule has 0 saturated carbocycles. The van der Waals surface area contributed by atoms with Crippen molar-refractivity contribution in [1.82, 2.24) is 15.5 Å². The summed E-state index contributed by atoms with van der Waals surface area (Å²) in [5, 5.41) is 13.5. The van der Waals surface area contributed by atoms with Crippen LogP contribution in [-0.4, -0.2) is 22.6 Å². The molecule has 21 heavy (non-hydrogen) atoms. The van der Waals surface area contributed by atoms with E-state index in [1.807, 2.05) is 13.0 Å². The Morgan fingerprint density at radius 1 is 1.52 bits per heavy atom. The highest BCUT2D eigenvalue weighted by Gasteiger charge is 2.20. The number of rotatable bonds is 4. The van der Waals surface area contributed by atoms with Crippen molar-refractivity contribution in [2.24, 2.45) is 0 Å². The van der Waals surface area contributed by atoms with Gasteiger partial charge >= 0.3 is 0 Å². The van der Waals surface area contributed by atoms with Gasteiger partial charge < -0.3 is 10.6 Å². The monoisotopic (exact) mass is 304 g/mol. The Kier molecular flexibility index (Phi) is 4.07. The molecule has 1 amide bonds. The number of amides is 1. The molecule has 1 atom stereocenters. The molecule has 3 N–H and O–H groups in total. The van der Waals surface area contributed by atoms with E-state index in [-0.39, 0.29) is 5.91 Å². The molecule has 0 spiro atoms. The van der Waals surface area contributed by atoms with Gasteiger partial charge in [-0.25, -0.2) is 0 Å². The Morgan fingerprint density at radius 3 is 3.05 bits per heavy atom. The molecular weight excluding hydrogens is 284 g/mol. The van der Waals surface area contributed by atoms with Gasteiger partial charge in [0.2, 0.25) is 0 Å². The zero-order valence-corrected chi connectivity index (χ0v) is 13.1. The minimum atomic E-state index is -0.0819. The highest BCUT2D eigenvalue weighted by atomic mass is 32.1. The van der Waals surface area contributed by atoms with Crippen molar-refractivity contribution in [3.63, 3.8) is 0 Å². The summed E-state index contributed by atoms with van der Waals surface area (Å²) in [7, 11) is 0. The lowest BCUT2D eigenvalue weighted by atomic mass is 10.2. The number of carbonyl (C=O) groups is 1. The third kappa shape index (κ3) is 2.87. The average molecular weight is 304 g/mol. The predicted molar refractivity (Wildman–Crippen MR) is 85.0 cm³/mol. The lowest BCUT2D eigenvalue weighted by Gasteiger charge is -2.06. The summed E-state index contributed by atoms with van der Waals surface area (Å²) < 4.78 is 0. The number of hydrogen-bond acceptors (Lipinski definition) is 4. The Balaban J connectivity index is 1.71. The van der Waals surface area contributed by atoms with Crippen LogP contribution < -0.4 is 10.6 Å². The number of aromatic amines is 1. The van der Waals surface area contributed by atoms with Crippen LogP contribution in [0.5, 0.6) is 0 Å². The molecule has 6 heteroatoms. The van der Waals surface area contributed by atoms with Gasteiger partial charge in [0, 0.05) is 22.2 Å². The van der Waals surface area contributed by atoms with Crippen LogP contribution in [0.4, 0.5) is 5.82 Å². The maximum atomic E-state index is 12.3. The minimum Gasteiger partial charge on any atom is -0.309 e. The quantitative estimate of drug-likeness (QED) is 0.813. The first-order valence-electron chi connectivity index (χ1n) is 7.37. The van der Waals surface area contributed by atoms with E-state index >= 15 is 0 Å². The zero-order valence-electron chi connectivity index (χ0n) is 12.3. The first-order chi connectivity index (χ1) is 10.2. The van der Waals surface area contributed by atoms with Gasteiger partial charge in [-0.05, 0) is 44.9 Å². The predicted octanol–water partition coefficient (Wildman–Crippen LogP) is 3.02. The second-order valence-electron chi connectivity index (χ2n) is 5.33. The molecule has 112 valence electrons. The molecule has 1 aliphatic heterocycles. The van der Waals surface area contributed by atoms with E-state index in [1.54, 1.807) is 11.3 Å². The molecule has 0 aromatic carbocycles. The molecule has 0 radical (unpaired) electrons. The van der Waals surface area contributed by atoms with Gasteiger partial charge in [0.05, 0.1) is 4.88 Å². The topological polar surface area (TPSA) is 69.8 Å². The largest absolute Gasteiger partial charge is 0.309 e. The number of aromatic nitrogens is 2. The van der Waals surface area contributed by atoms with Crippen molar-refractivity contribution in [3.8, 4) is 0 Å². The van der Waals surface area contributed by atoms with E-state index in [0.717, 1.165) is 35.5 Å². The summed E-state index contributed by atoms with van der Waals surface area (Å²) in [6.07, 6.45) is 3.24. The van der Waals surface area contributed by atoms with Gasteiger partial charge in [-0.1, -0.05) is 6.92 Å². The number of H-pyrrole nitrogens is 1. The summed E-state index contributed by atoms with van der Waals surface area (Å²) in [5.74, 6) is 0.548. The van der Waals surface area contributed by atoms with Crippen molar-refractivity contribution >= 4 is 23.1 Å². The molecule has 1 fully saturated rings. The van der Waals surface area contributed by atoms with E-state index in [4.69, 9.17) is 0 Å². The number of aryl methyl sites for hydroxylation is 1. The fraction of sp³-hybridized carbons (Fsp3) is 0.467. The Hall–Kier alpha value is -1.66. The lowest BCUT2D eigenvalue weighted by Crippen LogP contribution is -2.12. The summed E-state index contributed by atoms with van der Waals surface area (Å²) in [4.78, 5) is 14.3. The van der Waals surface area contributed by atoms with E-state index in [1.165, 1.54) is 11.3 Å². The summed E-state index contributed by atoms with van der Waals surface area (Å²) in [6.45, 7) is 5.10. The molecule has 2 aromatic rings. The molecule has 1 saturated heterocycles. The van der Waals surface area contributed by atoms with Gasteiger partial charge in [-0.2, -0.15) is 5.10 Å². The molecule has 3 heterocycles. The number of nitrogens with zero attached hydrogens (tertiary/aromatic N) is 1. The van der Waals surface area contributed by atoms with Crippen LogP contribution in [0.1, 0.15) is 51.6 Å². The van der Waals surface area contributed by atoms with Gasteiger partial charge in [-0.3, -0.25) is 9.89 Å². The van der Waals surface area contributed by atoms with Crippen LogP contribution in [0.3, 0.4) is 0 Å². The molecule has 0 bridgehead atoms. The summed E-state index contributed by atoms with van der Waals surface area (Å²) in [5.41, 5.74) is 2.08. The van der Waals surface area contributed by atoms with Crippen molar-refractivity contribution < 1.29 is 4.79 Å². The molecule has 2 aromatic heterocycles. The number of thiophene rings is 1. The summed E-state index contributed by atoms with van der Waals surface area (Å²) in [6, 6.07) is 4.37. The van der Waals surface area contributed by atoms with Crippen LogP contribution in [0.25, 0.3) is 0 Å². The number of carbonyl (C=O) groups excluding carboxylic acids is 1. The molecule has 1 aliphatic rings. The molecule has 0 unspecified atom stereocenters. The highest BCUT2D eigenvalue weighted by molar-refractivity contribution is 7.14. The highest BCUT2D eigenvalue weighted by Crippen LogP contribution is 2.29. The Morgan fingerprint density at radius 2 is 2.38 bits per heavy atom. The Bertz CT molecular complexity index is 640. The third-order valence-electron chi connectivity index (χ3n) is 3.95. The molecule has 0 aliphatic carbocycles. The van der Waals surface area contributed by atoms with E-state index in [9.17, 15) is 4.79 Å². The normalized spacial score (nSPS) is 18.1. The zero-order chi connectivity index (χ0) is 14.8. The van der Waals surface area contributed by atoms with E-state index in [2.05, 4.69) is 33.8 Å². The van der Waals surface area contributed by atoms with Gasteiger partial charge in [-0.15, -0.1) is 11.3 Å². The Labute approximate surface area is 128 Å². The third-order valence-corrected chi connectivity index (χ3v) is 5.15. The van der Waals surface area contributed by atoms with Crippen molar-refractivity contribution in [3.05, 3.63) is 33.1 Å². The molecule has 5 nitrogen and oxygen atoms in total. The number of nitrogens with one attached hydrogen (secondary N) is 3. The van der Waals surface area contributed by atoms with Gasteiger partial charge in [0.1, 0.15) is 0 Å². The van der Waals surface area contributed by atoms with Crippen LogP contribution in [0.2, 0.25) is 0 Å². The van der Waals surface area contributed by atoms with E-state index < -0.39 is 0 Å². The first-order valence-corrected chi connectivity index (χ1v) is 8.19. The SMILES string of the molecule is CCc1[nH]nc(NC(=O)c2ccc([C@H]3CCCN3)s2)c1C. The van der Waals surface area contributed by atoms with Crippen LogP contribution in [-0.2, 0) is 6.42 Å². The maximum absolute atomic E-state index is 12.3. The number of anilines is 1. The second-order valence-corrected chi connectivity index (χ2v) is 6.45. The van der Waals surface area contributed by atoms with Crippen LogP contribution in [0, 0.1) is 6.92 Å². The number of hydrogen-bond donors (Lipinski definition) is 3. The van der Waals surface area contributed by atoms with Crippen LogP contribution in [0.15, 0.2) is 12.1 Å². The summed E-state index contributed by atoms with van der Waals surface area (Å²) >= 11 is 1.56. The van der Waals surface area contributed by atoms with E-state index in [0.29, 0.717) is 11.9 Å². The van der Waals surface area contributed by atoms with Gasteiger partial charge in [0.15, 0.2) is 5.82 Å². The second kappa shape index (κ2) is 5.99. The van der Waals surface area contributed by atoms with Crippen molar-refractivity contribution in [1.29, 1.82) is 0 Å². The van der Waals surface area contributed by atoms with Crippen molar-refractivity contribution in [2.45, 2.75) is 39.2 Å². The van der Waals surface area contributed by atoms with Crippen LogP contribution >= 0.6 is 11.3 Å². The average Bonchev–Trinajstić information content (AvgIpc) is 3.19. The fourth-order valence-electron chi connectivity index (χ4n) is 2.66. The minimum absolute atomic E-state index is 0.0819. The molecule has 3 rings (SSSR count). The lowest BCUT2D eigenvalue weighted by molar-refractivity contribution is 0.103. The van der Waals surface area contributed by atoms with Gasteiger partial charge in [0.25, 0.3) is 5.91 Å². The maximum Gasteiger partial charge on any atom is 0.266 e. The first kappa shape index (κ1) is 14.3. The van der Waals surface area contributed by atoms with Crippen molar-refractivity contribution in [2.75, 3.05) is 11.9 Å².